The Morgan fingerprint density at radius 3 is 2.44 bits per heavy atom. The van der Waals surface area contributed by atoms with Gasteiger partial charge in [-0.1, -0.05) is 18.2 Å². The summed E-state index contributed by atoms with van der Waals surface area (Å²) in [7, 11) is 1.60. The molecule has 0 atom stereocenters. The van der Waals surface area contributed by atoms with E-state index in [4.69, 9.17) is 9.47 Å². The summed E-state index contributed by atoms with van der Waals surface area (Å²) in [6.07, 6.45) is 1.54. The maximum absolute atomic E-state index is 12.8. The number of benzene rings is 3. The molecule has 0 spiro atoms. The highest BCUT2D eigenvalue weighted by Crippen LogP contribution is 2.28. The second-order valence-electron chi connectivity index (χ2n) is 8.39. The van der Waals surface area contributed by atoms with Crippen LogP contribution in [0.1, 0.15) is 41.2 Å². The van der Waals surface area contributed by atoms with Gasteiger partial charge in [-0.2, -0.15) is 0 Å². The molecule has 3 aromatic carbocycles. The van der Waals surface area contributed by atoms with Crippen molar-refractivity contribution in [3.8, 4) is 11.5 Å². The van der Waals surface area contributed by atoms with Crippen LogP contribution in [0.3, 0.4) is 0 Å². The Bertz CT molecular complexity index is 1360. The number of nitrogens with zero attached hydrogens (tertiary/aromatic N) is 1. The van der Waals surface area contributed by atoms with Crippen molar-refractivity contribution in [2.75, 3.05) is 19.0 Å². The molecule has 186 valence electrons. The summed E-state index contributed by atoms with van der Waals surface area (Å²) < 4.78 is 10.9. The minimum absolute atomic E-state index is 0.0884. The van der Waals surface area contributed by atoms with Gasteiger partial charge in [0.25, 0.3) is 5.91 Å². The first-order valence-corrected chi connectivity index (χ1v) is 11.9. The third-order valence-corrected chi connectivity index (χ3v) is 5.70. The van der Waals surface area contributed by atoms with Crippen molar-refractivity contribution in [3.63, 3.8) is 0 Å². The molecule has 8 nitrogen and oxygen atoms in total. The molecule has 0 radical (unpaired) electrons. The topological polar surface area (TPSA) is 105 Å². The summed E-state index contributed by atoms with van der Waals surface area (Å²) in [6.45, 7) is 4.33. The number of aromatic nitrogens is 2. The van der Waals surface area contributed by atoms with Crippen LogP contribution in [0.15, 0.2) is 60.7 Å². The number of nitrogens with one attached hydrogen (secondary N) is 3. The highest BCUT2D eigenvalue weighted by molar-refractivity contribution is 5.97. The number of carbonyl (C=O) groups is 2. The molecule has 4 aromatic rings. The normalized spacial score (nSPS) is 10.8. The van der Waals surface area contributed by atoms with Crippen molar-refractivity contribution in [1.82, 2.24) is 15.3 Å². The number of imidazole rings is 1. The van der Waals surface area contributed by atoms with E-state index in [2.05, 4.69) is 20.6 Å². The molecule has 0 saturated carbocycles. The van der Waals surface area contributed by atoms with Gasteiger partial charge in [-0.25, -0.2) is 4.98 Å². The summed E-state index contributed by atoms with van der Waals surface area (Å²) in [6, 6.07) is 18.9. The zero-order chi connectivity index (χ0) is 25.5. The van der Waals surface area contributed by atoms with Gasteiger partial charge in [-0.3, -0.25) is 9.59 Å². The fourth-order valence-electron chi connectivity index (χ4n) is 3.92. The lowest BCUT2D eigenvalue weighted by atomic mass is 10.1. The highest BCUT2D eigenvalue weighted by atomic mass is 16.5. The van der Waals surface area contributed by atoms with E-state index < -0.39 is 0 Å². The number of hydrogen-bond acceptors (Lipinski definition) is 5. The number of aromatic amines is 1. The van der Waals surface area contributed by atoms with Crippen LogP contribution >= 0.6 is 0 Å². The quantitative estimate of drug-likeness (QED) is 0.303. The van der Waals surface area contributed by atoms with Crippen LogP contribution in [0.25, 0.3) is 11.0 Å². The van der Waals surface area contributed by atoms with E-state index in [0.717, 1.165) is 46.5 Å². The van der Waals surface area contributed by atoms with Gasteiger partial charge in [0.1, 0.15) is 5.82 Å². The summed E-state index contributed by atoms with van der Waals surface area (Å²) >= 11 is 0. The average molecular weight is 487 g/mol. The van der Waals surface area contributed by atoms with Gasteiger partial charge in [0, 0.05) is 31.1 Å². The number of H-pyrrole nitrogens is 1. The average Bonchev–Trinajstić information content (AvgIpc) is 3.29. The van der Waals surface area contributed by atoms with Gasteiger partial charge in [0.05, 0.1) is 24.8 Å². The van der Waals surface area contributed by atoms with Gasteiger partial charge in [0.2, 0.25) is 5.91 Å². The molecule has 0 fully saturated rings. The van der Waals surface area contributed by atoms with Crippen molar-refractivity contribution in [2.24, 2.45) is 0 Å². The molecule has 36 heavy (non-hydrogen) atoms. The molecule has 1 aromatic heterocycles. The third kappa shape index (κ3) is 6.21. The van der Waals surface area contributed by atoms with E-state index in [9.17, 15) is 9.59 Å². The summed E-state index contributed by atoms with van der Waals surface area (Å²) in [5.41, 5.74) is 5.04. The number of hydrogen-bond donors (Lipinski definition) is 3. The van der Waals surface area contributed by atoms with Crippen LogP contribution in [0, 0.1) is 0 Å². The van der Waals surface area contributed by atoms with Crippen molar-refractivity contribution in [2.45, 2.75) is 33.2 Å². The highest BCUT2D eigenvalue weighted by Gasteiger charge is 2.11. The van der Waals surface area contributed by atoms with Gasteiger partial charge < -0.3 is 25.1 Å². The molecule has 4 rings (SSSR count). The number of aryl methyl sites for hydroxylation is 2. The van der Waals surface area contributed by atoms with E-state index in [1.807, 2.05) is 61.5 Å². The van der Waals surface area contributed by atoms with Crippen LogP contribution in [-0.4, -0.2) is 35.5 Å². The summed E-state index contributed by atoms with van der Waals surface area (Å²) in [4.78, 5) is 31.9. The molecular formula is C28H30N4O4. The zero-order valence-electron chi connectivity index (χ0n) is 20.7. The summed E-state index contributed by atoms with van der Waals surface area (Å²) in [5, 5.41) is 5.72. The maximum Gasteiger partial charge on any atom is 0.251 e. The van der Waals surface area contributed by atoms with Gasteiger partial charge in [-0.05, 0) is 66.9 Å². The lowest BCUT2D eigenvalue weighted by Gasteiger charge is -2.11. The molecule has 0 aliphatic heterocycles. The Hall–Kier alpha value is -4.33. The number of anilines is 1. The Balaban J connectivity index is 1.36. The van der Waals surface area contributed by atoms with Crippen molar-refractivity contribution in [1.29, 1.82) is 0 Å². The largest absolute Gasteiger partial charge is 0.493 e. The Labute approximate surface area is 210 Å². The maximum atomic E-state index is 12.8. The van der Waals surface area contributed by atoms with Crippen LogP contribution in [-0.2, 0) is 24.2 Å². The predicted octanol–water partition coefficient (Wildman–Crippen LogP) is 4.64. The minimum atomic E-state index is -0.167. The Morgan fingerprint density at radius 2 is 1.72 bits per heavy atom. The smallest absolute Gasteiger partial charge is 0.251 e. The molecular weight excluding hydrogens is 456 g/mol. The van der Waals surface area contributed by atoms with Crippen LogP contribution in [0.4, 0.5) is 5.69 Å². The van der Waals surface area contributed by atoms with Crippen molar-refractivity contribution >= 4 is 28.5 Å². The second kappa shape index (κ2) is 11.4. The lowest BCUT2D eigenvalue weighted by Crippen LogP contribution is -2.22. The lowest BCUT2D eigenvalue weighted by molar-refractivity contribution is -0.114. The number of amides is 2. The minimum Gasteiger partial charge on any atom is -0.493 e. The van der Waals surface area contributed by atoms with Gasteiger partial charge >= 0.3 is 0 Å². The zero-order valence-corrected chi connectivity index (χ0v) is 20.7. The Morgan fingerprint density at radius 1 is 0.944 bits per heavy atom. The van der Waals surface area contributed by atoms with Crippen LogP contribution in [0.5, 0.6) is 11.5 Å². The number of rotatable bonds is 10. The summed E-state index contributed by atoms with van der Waals surface area (Å²) in [5.74, 6) is 1.92. The standard InChI is InChI=1S/C28H30N4O4/c1-4-36-25-13-7-20(15-26(25)35-3)17-29-28(34)21-9-12-23-24(16-21)32-27(31-23)14-8-19-5-10-22(11-6-19)30-18(2)33/h5-7,9-13,15-16H,4,8,14,17H2,1-3H3,(H,29,34)(H,30,33)(H,31,32). The molecule has 0 aliphatic carbocycles. The number of fused-ring (bicyclic) bond motifs is 1. The van der Waals surface area contributed by atoms with E-state index in [1.165, 1.54) is 6.92 Å². The first kappa shape index (κ1) is 24.8. The molecule has 1 heterocycles. The molecule has 0 saturated heterocycles. The molecule has 2 amide bonds. The third-order valence-electron chi connectivity index (χ3n) is 5.70. The number of carbonyl (C=O) groups excluding carboxylic acids is 2. The molecule has 0 unspecified atom stereocenters. The fourth-order valence-corrected chi connectivity index (χ4v) is 3.92. The van der Waals surface area contributed by atoms with E-state index in [0.29, 0.717) is 30.2 Å². The van der Waals surface area contributed by atoms with Crippen molar-refractivity contribution < 1.29 is 19.1 Å². The van der Waals surface area contributed by atoms with Gasteiger partial charge in [-0.15, -0.1) is 0 Å². The molecule has 3 N–H and O–H groups in total. The fraction of sp³-hybridized carbons (Fsp3) is 0.250. The number of ether oxygens (including phenoxy) is 2. The first-order valence-electron chi connectivity index (χ1n) is 11.9. The Kier molecular flexibility index (Phi) is 7.85. The van der Waals surface area contributed by atoms with Gasteiger partial charge in [0.15, 0.2) is 11.5 Å². The predicted molar refractivity (Wildman–Crippen MR) is 140 cm³/mol. The molecule has 8 heteroatoms. The van der Waals surface area contributed by atoms with E-state index >= 15 is 0 Å². The number of methoxy groups -OCH3 is 1. The molecule has 0 aliphatic rings. The second-order valence-corrected chi connectivity index (χ2v) is 8.39. The monoisotopic (exact) mass is 486 g/mol. The van der Waals surface area contributed by atoms with E-state index in [-0.39, 0.29) is 11.8 Å². The van der Waals surface area contributed by atoms with Crippen LogP contribution < -0.4 is 20.1 Å². The SMILES string of the molecule is CCOc1ccc(CNC(=O)c2ccc3nc(CCc4ccc(NC(C)=O)cc4)[nH]c3c2)cc1OC. The van der Waals surface area contributed by atoms with Crippen molar-refractivity contribution in [3.05, 3.63) is 83.2 Å². The van der Waals surface area contributed by atoms with E-state index in [1.54, 1.807) is 13.2 Å². The molecule has 0 bridgehead atoms. The van der Waals surface area contributed by atoms with Crippen LogP contribution in [0.2, 0.25) is 0 Å². The first-order chi connectivity index (χ1) is 17.4.